The van der Waals surface area contributed by atoms with Crippen LogP contribution in [0.15, 0.2) is 0 Å². The Kier molecular flexibility index (Phi) is 3.57. The summed E-state index contributed by atoms with van der Waals surface area (Å²) in [5, 5.41) is 7.47. The molecule has 106 valence electrons. The molecule has 18 heavy (non-hydrogen) atoms. The molecule has 3 N–H and O–H groups in total. The molecular weight excluding hydrogens is 269 g/mol. The molecule has 4 unspecified atom stereocenters. The van der Waals surface area contributed by atoms with Gasteiger partial charge in [0.1, 0.15) is 6.04 Å². The quantitative estimate of drug-likeness (QED) is 0.462. The highest BCUT2D eigenvalue weighted by Crippen LogP contribution is 2.39. The van der Waals surface area contributed by atoms with E-state index in [-0.39, 0.29) is 0 Å². The molecule has 0 aromatic rings. The van der Waals surface area contributed by atoms with Gasteiger partial charge in [-0.05, 0) is 20.8 Å². The first-order valence-corrected chi connectivity index (χ1v) is 6.29. The SMILES string of the molecule is CC(C)(C)N1NC(C(F)(F)F)C2C(Cl)NCNC21. The van der Waals surface area contributed by atoms with Gasteiger partial charge in [-0.1, -0.05) is 0 Å². The smallest absolute Gasteiger partial charge is 0.288 e. The average Bonchev–Trinajstić information content (AvgIpc) is 2.56. The van der Waals surface area contributed by atoms with Gasteiger partial charge < -0.3 is 0 Å². The number of hydrogen-bond donors (Lipinski definition) is 3. The maximum atomic E-state index is 13.1. The zero-order chi connectivity index (χ0) is 13.7. The molecule has 2 saturated heterocycles. The van der Waals surface area contributed by atoms with Crippen LogP contribution in [0.1, 0.15) is 20.8 Å². The summed E-state index contributed by atoms with van der Waals surface area (Å²) in [6.07, 6.45) is -4.75. The molecule has 0 aromatic carbocycles. The fourth-order valence-electron chi connectivity index (χ4n) is 2.53. The van der Waals surface area contributed by atoms with Gasteiger partial charge in [0.15, 0.2) is 0 Å². The van der Waals surface area contributed by atoms with Gasteiger partial charge in [-0.3, -0.25) is 10.6 Å². The van der Waals surface area contributed by atoms with Gasteiger partial charge in [0.2, 0.25) is 0 Å². The molecule has 2 rings (SSSR count). The van der Waals surface area contributed by atoms with E-state index in [1.54, 1.807) is 5.01 Å². The normalized spacial score (nSPS) is 38.8. The van der Waals surface area contributed by atoms with Crippen molar-refractivity contribution >= 4 is 11.6 Å². The molecule has 0 aromatic heterocycles. The van der Waals surface area contributed by atoms with Crippen LogP contribution in [0.3, 0.4) is 0 Å². The highest BCUT2D eigenvalue weighted by Gasteiger charge is 2.59. The van der Waals surface area contributed by atoms with E-state index in [1.165, 1.54) is 0 Å². The molecule has 0 saturated carbocycles. The summed E-state index contributed by atoms with van der Waals surface area (Å²) in [7, 11) is 0. The van der Waals surface area contributed by atoms with Gasteiger partial charge in [-0.2, -0.15) is 13.2 Å². The zero-order valence-corrected chi connectivity index (χ0v) is 11.2. The van der Waals surface area contributed by atoms with E-state index in [2.05, 4.69) is 16.1 Å². The van der Waals surface area contributed by atoms with Crippen LogP contribution >= 0.6 is 11.6 Å². The van der Waals surface area contributed by atoms with Crippen molar-refractivity contribution in [1.29, 1.82) is 0 Å². The van der Waals surface area contributed by atoms with Crippen molar-refractivity contribution in [3.05, 3.63) is 0 Å². The van der Waals surface area contributed by atoms with Gasteiger partial charge in [0, 0.05) is 18.1 Å². The Labute approximate surface area is 109 Å². The summed E-state index contributed by atoms with van der Waals surface area (Å²) in [6.45, 7) is 5.99. The molecule has 0 aliphatic carbocycles. The summed E-state index contributed by atoms with van der Waals surface area (Å²) < 4.78 is 39.2. The number of alkyl halides is 4. The largest absolute Gasteiger partial charge is 0.405 e. The maximum absolute atomic E-state index is 13.1. The number of hydrogen-bond acceptors (Lipinski definition) is 4. The minimum absolute atomic E-state index is 0.397. The number of nitrogens with zero attached hydrogens (tertiary/aromatic N) is 1. The third kappa shape index (κ3) is 2.46. The van der Waals surface area contributed by atoms with Crippen LogP contribution in [0.5, 0.6) is 0 Å². The van der Waals surface area contributed by atoms with Crippen molar-refractivity contribution in [3.8, 4) is 0 Å². The van der Waals surface area contributed by atoms with Gasteiger partial charge in [-0.15, -0.1) is 11.6 Å². The third-order valence-corrected chi connectivity index (χ3v) is 3.77. The molecule has 0 radical (unpaired) electrons. The minimum Gasteiger partial charge on any atom is -0.288 e. The lowest BCUT2D eigenvalue weighted by atomic mass is 9.95. The van der Waals surface area contributed by atoms with E-state index in [9.17, 15) is 13.2 Å². The van der Waals surface area contributed by atoms with Crippen molar-refractivity contribution in [2.24, 2.45) is 5.92 Å². The molecule has 0 spiro atoms. The molecule has 0 bridgehead atoms. The Morgan fingerprint density at radius 3 is 2.28 bits per heavy atom. The van der Waals surface area contributed by atoms with E-state index >= 15 is 0 Å². The third-order valence-electron chi connectivity index (χ3n) is 3.33. The average molecular weight is 287 g/mol. The Morgan fingerprint density at radius 2 is 1.78 bits per heavy atom. The van der Waals surface area contributed by atoms with Crippen LogP contribution in [-0.2, 0) is 0 Å². The van der Waals surface area contributed by atoms with E-state index < -0.39 is 35.3 Å². The number of rotatable bonds is 0. The molecule has 2 fully saturated rings. The number of fused-ring (bicyclic) bond motifs is 1. The lowest BCUT2D eigenvalue weighted by Gasteiger charge is -2.41. The fraction of sp³-hybridized carbons (Fsp3) is 1.00. The summed E-state index contributed by atoms with van der Waals surface area (Å²) in [5.41, 5.74) is 1.43. The first kappa shape index (κ1) is 14.3. The van der Waals surface area contributed by atoms with Crippen LogP contribution in [-0.4, -0.2) is 41.1 Å². The number of halogens is 4. The summed E-state index contributed by atoms with van der Waals surface area (Å²) >= 11 is 6.02. The van der Waals surface area contributed by atoms with Crippen LogP contribution in [0.25, 0.3) is 0 Å². The molecular formula is C10H18ClF3N4. The molecule has 4 atom stereocenters. The Morgan fingerprint density at radius 1 is 1.17 bits per heavy atom. The summed E-state index contributed by atoms with van der Waals surface area (Å²) in [6, 6.07) is -1.63. The minimum atomic E-state index is -4.32. The van der Waals surface area contributed by atoms with Crippen LogP contribution in [0.4, 0.5) is 13.2 Å². The van der Waals surface area contributed by atoms with Crippen molar-refractivity contribution in [1.82, 2.24) is 21.1 Å². The first-order valence-electron chi connectivity index (χ1n) is 5.85. The molecule has 2 aliphatic rings. The summed E-state index contributed by atoms with van der Waals surface area (Å²) in [5.74, 6) is -0.764. The second-order valence-electron chi connectivity index (χ2n) is 5.70. The Balaban J connectivity index is 2.30. The predicted octanol–water partition coefficient (Wildman–Crippen LogP) is 1.19. The van der Waals surface area contributed by atoms with E-state index in [0.29, 0.717) is 6.67 Å². The molecule has 8 heteroatoms. The molecule has 4 nitrogen and oxygen atoms in total. The van der Waals surface area contributed by atoms with E-state index in [0.717, 1.165) is 0 Å². The number of hydrazine groups is 1. The van der Waals surface area contributed by atoms with Crippen LogP contribution in [0.2, 0.25) is 0 Å². The molecule has 2 aliphatic heterocycles. The lowest BCUT2D eigenvalue weighted by molar-refractivity contribution is -0.166. The van der Waals surface area contributed by atoms with Crippen molar-refractivity contribution in [3.63, 3.8) is 0 Å². The molecule has 2 heterocycles. The van der Waals surface area contributed by atoms with E-state index in [4.69, 9.17) is 11.6 Å². The van der Waals surface area contributed by atoms with Gasteiger partial charge in [0.25, 0.3) is 0 Å². The fourth-order valence-corrected chi connectivity index (χ4v) is 2.89. The second-order valence-corrected chi connectivity index (χ2v) is 6.17. The monoisotopic (exact) mass is 286 g/mol. The van der Waals surface area contributed by atoms with E-state index in [1.807, 2.05) is 20.8 Å². The molecule has 0 amide bonds. The Hall–Kier alpha value is -0.0800. The van der Waals surface area contributed by atoms with Gasteiger partial charge in [0.05, 0.1) is 11.7 Å². The van der Waals surface area contributed by atoms with Gasteiger partial charge in [-0.25, -0.2) is 10.4 Å². The van der Waals surface area contributed by atoms with Crippen molar-refractivity contribution in [2.45, 2.75) is 50.2 Å². The van der Waals surface area contributed by atoms with Crippen molar-refractivity contribution < 1.29 is 13.2 Å². The Bertz CT molecular complexity index is 317. The first-order chi connectivity index (χ1) is 8.12. The summed E-state index contributed by atoms with van der Waals surface area (Å²) in [4.78, 5) is 0. The highest BCUT2D eigenvalue weighted by atomic mass is 35.5. The topological polar surface area (TPSA) is 39.3 Å². The predicted molar refractivity (Wildman–Crippen MR) is 62.6 cm³/mol. The number of nitrogens with one attached hydrogen (secondary N) is 3. The second kappa shape index (κ2) is 4.49. The maximum Gasteiger partial charge on any atom is 0.405 e. The van der Waals surface area contributed by atoms with Crippen LogP contribution in [0, 0.1) is 5.92 Å². The zero-order valence-electron chi connectivity index (χ0n) is 10.5. The van der Waals surface area contributed by atoms with Crippen molar-refractivity contribution in [2.75, 3.05) is 6.67 Å². The lowest BCUT2D eigenvalue weighted by Crippen LogP contribution is -2.62. The standard InChI is InChI=1S/C10H18ClF3N4/c1-9(2,3)18-8-5(7(11)15-4-16-8)6(17-18)10(12,13)14/h5-8,15-17H,4H2,1-3H3. The van der Waals surface area contributed by atoms with Crippen LogP contribution < -0.4 is 16.1 Å². The van der Waals surface area contributed by atoms with Gasteiger partial charge >= 0.3 is 6.18 Å². The highest BCUT2D eigenvalue weighted by molar-refractivity contribution is 6.20.